The van der Waals surface area contributed by atoms with Crippen LogP contribution in [0.2, 0.25) is 0 Å². The molecule has 0 spiro atoms. The Labute approximate surface area is 152 Å². The van der Waals surface area contributed by atoms with E-state index >= 15 is 0 Å². The Balaban J connectivity index is 1.34. The van der Waals surface area contributed by atoms with Gasteiger partial charge >= 0.3 is 0 Å². The number of benzene rings is 1. The van der Waals surface area contributed by atoms with Crippen LogP contribution in [0.4, 0.5) is 0 Å². The van der Waals surface area contributed by atoms with Gasteiger partial charge in [-0.15, -0.1) is 0 Å². The van der Waals surface area contributed by atoms with Crippen LogP contribution < -0.4 is 4.74 Å². The highest BCUT2D eigenvalue weighted by Crippen LogP contribution is 2.39. The van der Waals surface area contributed by atoms with Gasteiger partial charge in [0.25, 0.3) is 5.88 Å². The van der Waals surface area contributed by atoms with E-state index < -0.39 is 0 Å². The van der Waals surface area contributed by atoms with Crippen LogP contribution in [-0.2, 0) is 0 Å². The monoisotopic (exact) mass is 435 g/mol. The van der Waals surface area contributed by atoms with Gasteiger partial charge in [-0.1, -0.05) is 12.1 Å². The second kappa shape index (κ2) is 6.39. The Morgan fingerprint density at radius 1 is 1.12 bits per heavy atom. The molecule has 1 aliphatic rings. The van der Waals surface area contributed by atoms with E-state index in [0.29, 0.717) is 23.3 Å². The third-order valence-corrected chi connectivity index (χ3v) is 4.82. The summed E-state index contributed by atoms with van der Waals surface area (Å²) in [4.78, 5) is 8.47. The van der Waals surface area contributed by atoms with E-state index in [9.17, 15) is 5.11 Å². The van der Waals surface area contributed by atoms with Crippen molar-refractivity contribution in [3.63, 3.8) is 0 Å². The average molecular weight is 435 g/mol. The van der Waals surface area contributed by atoms with Crippen molar-refractivity contribution in [2.45, 2.75) is 24.9 Å². The Bertz CT molecular complexity index is 827. The molecule has 1 N–H and O–H groups in total. The third-order valence-electron chi connectivity index (χ3n) is 4.10. The normalized spacial score (nSPS) is 19.7. The van der Waals surface area contributed by atoms with Crippen LogP contribution in [0.1, 0.15) is 24.3 Å². The maximum atomic E-state index is 9.18. The van der Waals surface area contributed by atoms with E-state index in [1.54, 1.807) is 12.4 Å². The molecule has 1 aromatic carbocycles. The van der Waals surface area contributed by atoms with Gasteiger partial charge in [0.1, 0.15) is 11.8 Å². The smallest absolute Gasteiger partial charge is 0.252 e. The fraction of sp³-hybridized carbons (Fsp3) is 0.235. The summed E-state index contributed by atoms with van der Waals surface area (Å²) < 4.78 is 12.0. The van der Waals surface area contributed by atoms with Gasteiger partial charge in [0.15, 0.2) is 5.76 Å². The van der Waals surface area contributed by atoms with Crippen LogP contribution in [-0.4, -0.2) is 26.3 Å². The van der Waals surface area contributed by atoms with Crippen LogP contribution in [0.5, 0.6) is 11.8 Å². The molecule has 0 atom stereocenters. The second-order valence-corrected chi connectivity index (χ2v) is 6.99. The van der Waals surface area contributed by atoms with E-state index in [1.807, 2.05) is 0 Å². The standard InChI is InChI=1S/C17H14IN3O3/c18-12-3-1-10(2-4-12)11-5-13(6-11)23-17-9-19-14(8-20-17)15-7-16(22)21-24-15/h1-4,7-9,11,13H,5-6H2,(H,21,22)/t11-,13+. The molecule has 0 amide bonds. The molecular weight excluding hydrogens is 421 g/mol. The van der Waals surface area contributed by atoms with Crippen molar-refractivity contribution in [1.29, 1.82) is 0 Å². The number of aromatic hydroxyl groups is 1. The van der Waals surface area contributed by atoms with Crippen molar-refractivity contribution < 1.29 is 14.4 Å². The van der Waals surface area contributed by atoms with Gasteiger partial charge in [-0.2, -0.15) is 0 Å². The first-order chi connectivity index (χ1) is 11.7. The average Bonchev–Trinajstić information content (AvgIpc) is 2.99. The van der Waals surface area contributed by atoms with E-state index in [-0.39, 0.29) is 12.0 Å². The van der Waals surface area contributed by atoms with Crippen molar-refractivity contribution >= 4 is 22.6 Å². The summed E-state index contributed by atoms with van der Waals surface area (Å²) in [5.41, 5.74) is 1.86. The molecule has 2 heterocycles. The van der Waals surface area contributed by atoms with Crippen LogP contribution in [0.15, 0.2) is 47.2 Å². The van der Waals surface area contributed by atoms with E-state index in [2.05, 4.69) is 62.0 Å². The Morgan fingerprint density at radius 3 is 2.54 bits per heavy atom. The quantitative estimate of drug-likeness (QED) is 0.629. The topological polar surface area (TPSA) is 81.3 Å². The highest BCUT2D eigenvalue weighted by atomic mass is 127. The first kappa shape index (κ1) is 15.4. The molecular formula is C17H14IN3O3. The lowest BCUT2D eigenvalue weighted by atomic mass is 9.77. The molecule has 6 nitrogen and oxygen atoms in total. The second-order valence-electron chi connectivity index (χ2n) is 5.75. The largest absolute Gasteiger partial charge is 0.491 e. The lowest BCUT2D eigenvalue weighted by Crippen LogP contribution is -2.32. The number of hydrogen-bond acceptors (Lipinski definition) is 6. The fourth-order valence-electron chi connectivity index (χ4n) is 2.73. The zero-order chi connectivity index (χ0) is 16.5. The molecule has 0 radical (unpaired) electrons. The predicted octanol–water partition coefficient (Wildman–Crippen LogP) is 3.77. The lowest BCUT2D eigenvalue weighted by molar-refractivity contribution is 0.0931. The van der Waals surface area contributed by atoms with Gasteiger partial charge in [0.2, 0.25) is 5.88 Å². The maximum absolute atomic E-state index is 9.18. The van der Waals surface area contributed by atoms with Crippen molar-refractivity contribution in [1.82, 2.24) is 15.1 Å². The molecule has 1 saturated carbocycles. The van der Waals surface area contributed by atoms with Crippen LogP contribution in [0, 0.1) is 3.57 Å². The molecule has 0 bridgehead atoms. The summed E-state index contributed by atoms with van der Waals surface area (Å²) >= 11 is 2.31. The number of ether oxygens (including phenoxy) is 1. The Kier molecular flexibility index (Phi) is 4.09. The number of hydrogen-bond donors (Lipinski definition) is 1. The van der Waals surface area contributed by atoms with E-state index in [1.165, 1.54) is 15.2 Å². The van der Waals surface area contributed by atoms with E-state index in [0.717, 1.165) is 12.8 Å². The van der Waals surface area contributed by atoms with Crippen molar-refractivity contribution in [2.24, 2.45) is 0 Å². The minimum Gasteiger partial charge on any atom is -0.491 e. The van der Waals surface area contributed by atoms with E-state index in [4.69, 9.17) is 9.26 Å². The van der Waals surface area contributed by atoms with Crippen molar-refractivity contribution in [3.8, 4) is 23.2 Å². The maximum Gasteiger partial charge on any atom is 0.252 e. The van der Waals surface area contributed by atoms with Crippen LogP contribution in [0.3, 0.4) is 0 Å². The lowest BCUT2D eigenvalue weighted by Gasteiger charge is -2.35. The Hall–Kier alpha value is -2.16. The summed E-state index contributed by atoms with van der Waals surface area (Å²) in [6.07, 6.45) is 5.25. The summed E-state index contributed by atoms with van der Waals surface area (Å²) in [6.45, 7) is 0. The first-order valence-corrected chi connectivity index (χ1v) is 8.65. The SMILES string of the molecule is Oc1cc(-c2cnc(O[C@H]3C[C@@H](c4ccc(I)cc4)C3)cn2)on1. The molecule has 4 rings (SSSR count). The summed E-state index contributed by atoms with van der Waals surface area (Å²) in [6, 6.07) is 10.0. The molecule has 0 unspecified atom stereocenters. The number of nitrogens with zero attached hydrogens (tertiary/aromatic N) is 3. The molecule has 24 heavy (non-hydrogen) atoms. The molecule has 1 fully saturated rings. The summed E-state index contributed by atoms with van der Waals surface area (Å²) in [7, 11) is 0. The number of halogens is 1. The number of aromatic nitrogens is 3. The summed E-state index contributed by atoms with van der Waals surface area (Å²) in [5.74, 6) is 1.24. The molecule has 1 aliphatic carbocycles. The molecule has 0 saturated heterocycles. The summed E-state index contributed by atoms with van der Waals surface area (Å²) in [5, 5.41) is 12.6. The van der Waals surface area contributed by atoms with Gasteiger partial charge in [-0.05, 0) is 64.2 Å². The van der Waals surface area contributed by atoms with Crippen molar-refractivity contribution in [3.05, 3.63) is 51.9 Å². The molecule has 122 valence electrons. The highest BCUT2D eigenvalue weighted by Gasteiger charge is 2.32. The zero-order valence-electron chi connectivity index (χ0n) is 12.6. The minimum atomic E-state index is -0.178. The van der Waals surface area contributed by atoms with Gasteiger partial charge in [-0.3, -0.25) is 0 Å². The third kappa shape index (κ3) is 3.21. The molecule has 7 heteroatoms. The molecule has 3 aromatic rings. The minimum absolute atomic E-state index is 0.170. The molecule has 2 aromatic heterocycles. The van der Waals surface area contributed by atoms with Crippen LogP contribution >= 0.6 is 22.6 Å². The van der Waals surface area contributed by atoms with Gasteiger partial charge in [0, 0.05) is 3.57 Å². The first-order valence-electron chi connectivity index (χ1n) is 7.57. The van der Waals surface area contributed by atoms with Gasteiger partial charge in [-0.25, -0.2) is 9.97 Å². The Morgan fingerprint density at radius 2 is 1.92 bits per heavy atom. The number of rotatable bonds is 4. The predicted molar refractivity (Wildman–Crippen MR) is 94.7 cm³/mol. The van der Waals surface area contributed by atoms with Crippen molar-refractivity contribution in [2.75, 3.05) is 0 Å². The van der Waals surface area contributed by atoms with Crippen LogP contribution in [0.25, 0.3) is 11.5 Å². The fourth-order valence-corrected chi connectivity index (χ4v) is 3.09. The highest BCUT2D eigenvalue weighted by molar-refractivity contribution is 14.1. The zero-order valence-corrected chi connectivity index (χ0v) is 14.8. The van der Waals surface area contributed by atoms with Gasteiger partial charge in [0.05, 0.1) is 18.5 Å². The molecule has 0 aliphatic heterocycles. The van der Waals surface area contributed by atoms with Gasteiger partial charge < -0.3 is 14.4 Å².